The molecule has 0 saturated carbocycles. The monoisotopic (exact) mass is 191 g/mol. The van der Waals surface area contributed by atoms with Gasteiger partial charge in [-0.05, 0) is 30.7 Å². The second-order valence-electron chi connectivity index (χ2n) is 2.93. The van der Waals surface area contributed by atoms with Crippen molar-refractivity contribution in [2.45, 2.75) is 19.8 Å². The SMILES string of the molecule is CCCCOc1ccc(C#[N+][O-])cc1. The van der Waals surface area contributed by atoms with Crippen molar-refractivity contribution in [1.29, 1.82) is 0 Å². The van der Waals surface area contributed by atoms with Crippen molar-refractivity contribution in [1.82, 2.24) is 0 Å². The Bertz CT molecular complexity index is 321. The summed E-state index contributed by atoms with van der Waals surface area (Å²) >= 11 is 0. The van der Waals surface area contributed by atoms with Gasteiger partial charge in [0.2, 0.25) is 0 Å². The lowest BCUT2D eigenvalue weighted by molar-refractivity contribution is 0.309. The molecule has 1 aromatic carbocycles. The fourth-order valence-electron chi connectivity index (χ4n) is 1.01. The van der Waals surface area contributed by atoms with Gasteiger partial charge in [-0.15, -0.1) is 0 Å². The summed E-state index contributed by atoms with van der Waals surface area (Å²) < 4.78 is 5.44. The van der Waals surface area contributed by atoms with E-state index in [9.17, 15) is 5.21 Å². The van der Waals surface area contributed by atoms with Gasteiger partial charge < -0.3 is 9.94 Å². The summed E-state index contributed by atoms with van der Waals surface area (Å²) in [5.41, 5.74) is 0.669. The highest BCUT2D eigenvalue weighted by molar-refractivity contribution is 5.36. The van der Waals surface area contributed by atoms with E-state index < -0.39 is 0 Å². The molecule has 0 aliphatic heterocycles. The van der Waals surface area contributed by atoms with Crippen molar-refractivity contribution in [3.8, 4) is 11.8 Å². The quantitative estimate of drug-likeness (QED) is 0.541. The largest absolute Gasteiger partial charge is 0.498 e. The Morgan fingerprint density at radius 1 is 1.36 bits per heavy atom. The van der Waals surface area contributed by atoms with Gasteiger partial charge in [-0.1, -0.05) is 13.3 Å². The maximum atomic E-state index is 9.88. The number of unbranched alkanes of at least 4 members (excludes halogenated alkanes) is 1. The van der Waals surface area contributed by atoms with Crippen LogP contribution in [-0.4, -0.2) is 6.61 Å². The first-order valence-electron chi connectivity index (χ1n) is 4.68. The first kappa shape index (κ1) is 10.4. The molecule has 1 aromatic rings. The fraction of sp³-hybridized carbons (Fsp3) is 0.364. The molecule has 0 bridgehead atoms. The number of ether oxygens (including phenoxy) is 1. The predicted molar refractivity (Wildman–Crippen MR) is 56.6 cm³/mol. The molecule has 14 heavy (non-hydrogen) atoms. The fourth-order valence-corrected chi connectivity index (χ4v) is 1.01. The van der Waals surface area contributed by atoms with Gasteiger partial charge in [0.1, 0.15) is 11.3 Å². The average molecular weight is 191 g/mol. The minimum absolute atomic E-state index is 0.669. The minimum atomic E-state index is 0.669. The molecule has 0 fully saturated rings. The second-order valence-corrected chi connectivity index (χ2v) is 2.93. The van der Waals surface area contributed by atoms with E-state index >= 15 is 0 Å². The molecule has 0 atom stereocenters. The molecule has 0 radical (unpaired) electrons. The Morgan fingerprint density at radius 2 is 2.07 bits per heavy atom. The Hall–Kier alpha value is -1.69. The molecule has 1 rings (SSSR count). The van der Waals surface area contributed by atoms with Crippen LogP contribution in [0.25, 0.3) is 5.01 Å². The van der Waals surface area contributed by atoms with E-state index in [4.69, 9.17) is 4.74 Å². The lowest BCUT2D eigenvalue weighted by Crippen LogP contribution is -1.95. The summed E-state index contributed by atoms with van der Waals surface area (Å²) in [5, 5.41) is 12.4. The third-order valence-corrected chi connectivity index (χ3v) is 1.80. The maximum absolute atomic E-state index is 9.88. The van der Waals surface area contributed by atoms with Gasteiger partial charge in [0.25, 0.3) is 0 Å². The normalized spacial score (nSPS) is 8.93. The molecule has 0 aliphatic rings. The Morgan fingerprint density at radius 3 is 2.64 bits per heavy atom. The van der Waals surface area contributed by atoms with Crippen LogP contribution in [0.15, 0.2) is 24.3 Å². The highest BCUT2D eigenvalue weighted by atomic mass is 16.5. The van der Waals surface area contributed by atoms with Crippen LogP contribution in [0.4, 0.5) is 0 Å². The van der Waals surface area contributed by atoms with E-state index in [2.05, 4.69) is 18.0 Å². The van der Waals surface area contributed by atoms with Crippen molar-refractivity contribution >= 4 is 0 Å². The summed E-state index contributed by atoms with van der Waals surface area (Å²) in [4.78, 5) is 0. The van der Waals surface area contributed by atoms with Gasteiger partial charge >= 0.3 is 6.07 Å². The van der Waals surface area contributed by atoms with E-state index in [1.165, 1.54) is 0 Å². The van der Waals surface area contributed by atoms with Crippen LogP contribution in [-0.2, 0) is 0 Å². The molecule has 0 amide bonds. The smallest absolute Gasteiger partial charge is 0.336 e. The van der Waals surface area contributed by atoms with Gasteiger partial charge in [0, 0.05) is 5.01 Å². The van der Waals surface area contributed by atoms with Gasteiger partial charge in [-0.25, -0.2) is 0 Å². The van der Waals surface area contributed by atoms with Gasteiger partial charge in [-0.2, -0.15) is 0 Å². The lowest BCUT2D eigenvalue weighted by atomic mass is 10.2. The predicted octanol–water partition coefficient (Wildman–Crippen LogP) is 3.04. The van der Waals surface area contributed by atoms with E-state index in [0.29, 0.717) is 5.56 Å². The van der Waals surface area contributed by atoms with E-state index in [0.717, 1.165) is 25.2 Å². The van der Waals surface area contributed by atoms with Gasteiger partial charge in [0.05, 0.1) is 6.61 Å². The number of hydrogen-bond acceptors (Lipinski definition) is 2. The zero-order valence-electron chi connectivity index (χ0n) is 8.19. The highest BCUT2D eigenvalue weighted by Crippen LogP contribution is 2.11. The summed E-state index contributed by atoms with van der Waals surface area (Å²) in [7, 11) is 0. The van der Waals surface area contributed by atoms with Crippen LogP contribution in [0.1, 0.15) is 25.3 Å². The summed E-state index contributed by atoms with van der Waals surface area (Å²) in [5.74, 6) is 0.815. The van der Waals surface area contributed by atoms with Crippen LogP contribution in [0.2, 0.25) is 0 Å². The molecule has 0 aromatic heterocycles. The summed E-state index contributed by atoms with van der Waals surface area (Å²) in [6.07, 6.45) is 2.17. The molecule has 3 heteroatoms. The molecule has 0 aliphatic carbocycles. The minimum Gasteiger partial charge on any atom is -0.498 e. The Balaban J connectivity index is 2.49. The standard InChI is InChI=1S/C11H13NO2/c1-2-3-8-14-11-6-4-10(5-7-11)9-12-13/h4-7H,2-3,8H2,1H3. The topological polar surface area (TPSA) is 36.6 Å². The molecule has 0 spiro atoms. The van der Waals surface area contributed by atoms with E-state index in [1.807, 2.05) is 12.1 Å². The third kappa shape index (κ3) is 3.36. The zero-order chi connectivity index (χ0) is 10.2. The Labute approximate surface area is 83.7 Å². The first-order valence-corrected chi connectivity index (χ1v) is 4.68. The molecular formula is C11H13NO2. The molecule has 0 saturated heterocycles. The van der Waals surface area contributed by atoms with Crippen LogP contribution in [0.3, 0.4) is 0 Å². The summed E-state index contributed by atoms with van der Waals surface area (Å²) in [6.45, 7) is 2.85. The number of benzene rings is 1. The highest BCUT2D eigenvalue weighted by Gasteiger charge is 1.96. The van der Waals surface area contributed by atoms with E-state index in [1.54, 1.807) is 12.1 Å². The molecular weight excluding hydrogens is 178 g/mol. The number of rotatable bonds is 4. The van der Waals surface area contributed by atoms with Crippen LogP contribution in [0, 0.1) is 11.3 Å². The second kappa shape index (κ2) is 5.87. The molecule has 0 unspecified atom stereocenters. The van der Waals surface area contributed by atoms with Crippen molar-refractivity contribution in [2.75, 3.05) is 6.61 Å². The van der Waals surface area contributed by atoms with Crippen molar-refractivity contribution < 1.29 is 4.74 Å². The van der Waals surface area contributed by atoms with Crippen molar-refractivity contribution in [3.05, 3.63) is 40.0 Å². The van der Waals surface area contributed by atoms with E-state index in [-0.39, 0.29) is 0 Å². The maximum Gasteiger partial charge on any atom is 0.336 e. The van der Waals surface area contributed by atoms with Gasteiger partial charge in [-0.3, -0.25) is 0 Å². The van der Waals surface area contributed by atoms with Crippen LogP contribution >= 0.6 is 0 Å². The molecule has 0 heterocycles. The van der Waals surface area contributed by atoms with Gasteiger partial charge in [0.15, 0.2) is 0 Å². The van der Waals surface area contributed by atoms with Crippen LogP contribution < -0.4 is 4.74 Å². The lowest BCUT2D eigenvalue weighted by Gasteiger charge is -2.03. The summed E-state index contributed by atoms with van der Waals surface area (Å²) in [6, 6.07) is 9.44. The third-order valence-electron chi connectivity index (χ3n) is 1.80. The van der Waals surface area contributed by atoms with Crippen LogP contribution in [0.5, 0.6) is 5.75 Å². The Kier molecular flexibility index (Phi) is 4.36. The zero-order valence-corrected chi connectivity index (χ0v) is 8.19. The number of nitrogens with zero attached hydrogens (tertiary/aromatic N) is 1. The van der Waals surface area contributed by atoms with Crippen molar-refractivity contribution in [3.63, 3.8) is 0 Å². The molecule has 0 N–H and O–H groups in total. The van der Waals surface area contributed by atoms with Crippen molar-refractivity contribution in [2.24, 2.45) is 0 Å². The number of hydrogen-bond donors (Lipinski definition) is 0. The first-order chi connectivity index (χ1) is 6.86. The molecule has 74 valence electrons. The molecule has 3 nitrogen and oxygen atoms in total. The average Bonchev–Trinajstić information content (AvgIpc) is 2.21.